The number of rotatable bonds is 8. The lowest BCUT2D eigenvalue weighted by Crippen LogP contribution is -2.57. The van der Waals surface area contributed by atoms with Crippen molar-refractivity contribution in [3.8, 4) is 17.1 Å². The summed E-state index contributed by atoms with van der Waals surface area (Å²) in [6, 6.07) is 5.36. The zero-order valence-electron chi connectivity index (χ0n) is 29.5. The van der Waals surface area contributed by atoms with Gasteiger partial charge in [0.25, 0.3) is 5.91 Å². The number of hydrogen-bond donors (Lipinski definition) is 2. The van der Waals surface area contributed by atoms with Crippen molar-refractivity contribution in [2.75, 3.05) is 26.3 Å². The minimum atomic E-state index is -5.07. The smallest absolute Gasteiger partial charge is 0.434 e. The number of carbonyl (C=O) groups is 2. The van der Waals surface area contributed by atoms with Crippen LogP contribution in [0, 0.1) is 17.8 Å². The SMILES string of the molecule is CC1CC2CC(C1)C(NC(=O)c1cnc(-c3cn(C4CCC(F)(F)CC4)c4cc(OC5CCN(C6COC6)CC5)ccc34)nc1C(F)(F)F)(C(=O)O)C2. The highest BCUT2D eigenvalue weighted by molar-refractivity contribution is 6.00. The molecule has 3 saturated carbocycles. The highest BCUT2D eigenvalue weighted by atomic mass is 19.4. The Balaban J connectivity index is 1.11. The van der Waals surface area contributed by atoms with Gasteiger partial charge in [0.05, 0.1) is 30.3 Å². The zero-order chi connectivity index (χ0) is 37.3. The molecule has 2 aliphatic heterocycles. The van der Waals surface area contributed by atoms with Crippen LogP contribution in [-0.4, -0.2) is 86.3 Å². The van der Waals surface area contributed by atoms with Gasteiger partial charge in [0.2, 0.25) is 5.92 Å². The fourth-order valence-corrected chi connectivity index (χ4v) is 9.64. The Kier molecular flexibility index (Phi) is 9.18. The van der Waals surface area contributed by atoms with Crippen molar-refractivity contribution < 1.29 is 46.1 Å². The number of ether oxygens (including phenoxy) is 2. The Morgan fingerprint density at radius 1 is 1.04 bits per heavy atom. The van der Waals surface area contributed by atoms with Crippen LogP contribution in [0.3, 0.4) is 0 Å². The molecule has 2 bridgehead atoms. The second kappa shape index (κ2) is 13.5. The highest BCUT2D eigenvalue weighted by Crippen LogP contribution is 2.51. The molecule has 3 aromatic rings. The van der Waals surface area contributed by atoms with Gasteiger partial charge in [-0.25, -0.2) is 23.5 Å². The van der Waals surface area contributed by atoms with Gasteiger partial charge in [-0.1, -0.05) is 6.92 Å². The van der Waals surface area contributed by atoms with E-state index in [1.165, 1.54) is 0 Å². The van der Waals surface area contributed by atoms with E-state index < -0.39 is 46.7 Å². The predicted molar refractivity (Wildman–Crippen MR) is 183 cm³/mol. The molecular weight excluding hydrogens is 701 g/mol. The average Bonchev–Trinajstić information content (AvgIpc) is 3.58. The molecule has 1 amide bonds. The van der Waals surface area contributed by atoms with Gasteiger partial charge in [-0.05, 0) is 81.3 Å². The summed E-state index contributed by atoms with van der Waals surface area (Å²) >= 11 is 0. The number of aliphatic carboxylic acids is 1. The van der Waals surface area contributed by atoms with Crippen LogP contribution in [0.4, 0.5) is 22.0 Å². The van der Waals surface area contributed by atoms with Crippen LogP contribution in [0.25, 0.3) is 22.3 Å². The first-order valence-electron chi connectivity index (χ1n) is 18.7. The maximum absolute atomic E-state index is 14.7. The Morgan fingerprint density at radius 2 is 1.77 bits per heavy atom. The lowest BCUT2D eigenvalue weighted by atomic mass is 9.78. The van der Waals surface area contributed by atoms with E-state index in [1.807, 2.05) is 11.5 Å². The van der Waals surface area contributed by atoms with Crippen molar-refractivity contribution in [1.82, 2.24) is 24.8 Å². The van der Waals surface area contributed by atoms with Crippen molar-refractivity contribution in [3.63, 3.8) is 0 Å². The average molecular weight is 746 g/mol. The molecule has 2 N–H and O–H groups in total. The monoisotopic (exact) mass is 745 g/mol. The van der Waals surface area contributed by atoms with E-state index >= 15 is 0 Å². The number of carboxylic acids is 1. The molecule has 3 aliphatic carbocycles. The number of alkyl halides is 5. The van der Waals surface area contributed by atoms with E-state index in [0.717, 1.165) is 51.8 Å². The maximum atomic E-state index is 14.7. The minimum absolute atomic E-state index is 0.0372. The number of nitrogens with one attached hydrogen (secondary N) is 1. The van der Waals surface area contributed by atoms with Gasteiger partial charge >= 0.3 is 12.1 Å². The van der Waals surface area contributed by atoms with Crippen LogP contribution in [0.2, 0.25) is 0 Å². The number of hydrogen-bond acceptors (Lipinski definition) is 7. The summed E-state index contributed by atoms with van der Waals surface area (Å²) in [4.78, 5) is 36.8. The molecule has 1 aromatic carbocycles. The fraction of sp³-hybridized carbons (Fsp3) is 0.632. The quantitative estimate of drug-likeness (QED) is 0.234. The molecule has 0 radical (unpaired) electrons. The van der Waals surface area contributed by atoms with Crippen molar-refractivity contribution in [2.45, 2.75) is 107 Å². The van der Waals surface area contributed by atoms with Gasteiger partial charge in [0.1, 0.15) is 17.4 Å². The third-order valence-corrected chi connectivity index (χ3v) is 12.4. The first-order chi connectivity index (χ1) is 25.2. The van der Waals surface area contributed by atoms with Crippen LogP contribution >= 0.6 is 0 Å². The van der Waals surface area contributed by atoms with E-state index in [2.05, 4.69) is 20.2 Å². The summed E-state index contributed by atoms with van der Waals surface area (Å²) in [5, 5.41) is 13.3. The summed E-state index contributed by atoms with van der Waals surface area (Å²) in [7, 11) is 0. The minimum Gasteiger partial charge on any atom is -0.490 e. The lowest BCUT2D eigenvalue weighted by Gasteiger charge is -2.41. The van der Waals surface area contributed by atoms with Crippen LogP contribution in [0.1, 0.15) is 93.2 Å². The third-order valence-electron chi connectivity index (χ3n) is 12.4. The molecule has 5 fully saturated rings. The molecule has 2 saturated heterocycles. The Bertz CT molecular complexity index is 1880. The lowest BCUT2D eigenvalue weighted by molar-refractivity contribution is -0.146. The molecule has 2 aromatic heterocycles. The molecule has 4 atom stereocenters. The van der Waals surface area contributed by atoms with Gasteiger partial charge < -0.3 is 24.5 Å². The molecule has 15 heteroatoms. The van der Waals surface area contributed by atoms with Crippen LogP contribution in [0.15, 0.2) is 30.6 Å². The Morgan fingerprint density at radius 3 is 2.43 bits per heavy atom. The Hall–Kier alpha value is -3.85. The number of halogens is 5. The zero-order valence-corrected chi connectivity index (χ0v) is 29.5. The molecule has 4 heterocycles. The standard InChI is InChI=1S/C38H44F5N5O5/c1-21-12-22-14-23(13-21)37(16-22,35(50)51)46-34(49)29-17-44-33(45-32(29)38(41,42)43)30-18-48(24-4-8-36(39,40)9-5-24)31-15-27(2-3-28(30)31)53-26-6-10-47(11-7-26)25-19-52-20-25/h2-3,15,17-18,21-26H,4-14,16,19-20H2,1H3,(H,46,49)(H,50,51). The number of fused-ring (bicyclic) bond motifs is 3. The number of likely N-dealkylation sites (tertiary alicyclic amines) is 1. The molecule has 0 spiro atoms. The molecule has 286 valence electrons. The van der Waals surface area contributed by atoms with Gasteiger partial charge in [-0.2, -0.15) is 13.2 Å². The topological polar surface area (TPSA) is 119 Å². The Labute approximate surface area is 303 Å². The number of benzene rings is 1. The van der Waals surface area contributed by atoms with E-state index in [-0.39, 0.29) is 67.5 Å². The van der Waals surface area contributed by atoms with Gasteiger partial charge in [-0.3, -0.25) is 9.69 Å². The van der Waals surface area contributed by atoms with E-state index in [1.54, 1.807) is 24.4 Å². The second-order valence-electron chi connectivity index (χ2n) is 16.0. The van der Waals surface area contributed by atoms with Crippen molar-refractivity contribution >= 4 is 22.8 Å². The summed E-state index contributed by atoms with van der Waals surface area (Å²) in [6.45, 7) is 5.25. The van der Waals surface area contributed by atoms with Crippen LogP contribution in [0.5, 0.6) is 5.75 Å². The summed E-state index contributed by atoms with van der Waals surface area (Å²) in [6.07, 6.45) is 0.744. The van der Waals surface area contributed by atoms with Crippen LogP contribution in [-0.2, 0) is 15.7 Å². The number of piperidine rings is 1. The second-order valence-corrected chi connectivity index (χ2v) is 16.0. The molecule has 8 rings (SSSR count). The first-order valence-corrected chi connectivity index (χ1v) is 18.7. The number of carbonyl (C=O) groups excluding carboxylic acids is 1. The van der Waals surface area contributed by atoms with Gasteiger partial charge in [-0.15, -0.1) is 0 Å². The number of aromatic nitrogens is 3. The molecule has 5 aliphatic rings. The third kappa shape index (κ3) is 6.87. The highest BCUT2D eigenvalue weighted by Gasteiger charge is 2.56. The fourth-order valence-electron chi connectivity index (χ4n) is 9.64. The van der Waals surface area contributed by atoms with Crippen molar-refractivity contribution in [2.24, 2.45) is 17.8 Å². The maximum Gasteiger partial charge on any atom is 0.434 e. The van der Waals surface area contributed by atoms with Crippen molar-refractivity contribution in [3.05, 3.63) is 41.9 Å². The van der Waals surface area contributed by atoms with Gasteiger partial charge in [0, 0.05) is 61.4 Å². The number of nitrogens with zero attached hydrogens (tertiary/aromatic N) is 4. The first kappa shape index (κ1) is 36.1. The largest absolute Gasteiger partial charge is 0.490 e. The molecule has 10 nitrogen and oxygen atoms in total. The van der Waals surface area contributed by atoms with E-state index in [9.17, 15) is 36.6 Å². The summed E-state index contributed by atoms with van der Waals surface area (Å²) < 4.78 is 86.1. The van der Waals surface area contributed by atoms with Crippen molar-refractivity contribution in [1.29, 1.82) is 0 Å². The molecular formula is C38H44F5N5O5. The van der Waals surface area contributed by atoms with Crippen LogP contribution < -0.4 is 10.1 Å². The number of amides is 1. The normalized spacial score (nSPS) is 28.5. The van der Waals surface area contributed by atoms with E-state index in [0.29, 0.717) is 35.5 Å². The molecule has 53 heavy (non-hydrogen) atoms. The predicted octanol–water partition coefficient (Wildman–Crippen LogP) is 7.12. The summed E-state index contributed by atoms with van der Waals surface area (Å²) in [5.41, 5.74) is -3.17. The molecule has 4 unspecified atom stereocenters. The van der Waals surface area contributed by atoms with Gasteiger partial charge in [0.15, 0.2) is 11.5 Å². The number of carboxylic acid groups (broad SMARTS) is 1. The summed E-state index contributed by atoms with van der Waals surface area (Å²) in [5.74, 6) is -5.06. The van der Waals surface area contributed by atoms with E-state index in [4.69, 9.17) is 9.47 Å².